The second kappa shape index (κ2) is 7.17. The average molecular weight is 293 g/mol. The number of hydrogen-bond acceptors (Lipinski definition) is 3. The number of rotatable bonds is 6. The van der Waals surface area contributed by atoms with E-state index in [9.17, 15) is 0 Å². The summed E-state index contributed by atoms with van der Waals surface area (Å²) in [7, 11) is 0. The number of benzene rings is 1. The minimum atomic E-state index is 0.113. The van der Waals surface area contributed by atoms with Gasteiger partial charge in [0.05, 0.1) is 6.61 Å². The Kier molecular flexibility index (Phi) is 6.09. The molecule has 0 spiro atoms. The molecular formula is C18H31NO2. The molecule has 0 radical (unpaired) electrons. The zero-order valence-corrected chi connectivity index (χ0v) is 14.6. The van der Waals surface area contributed by atoms with E-state index in [0.29, 0.717) is 6.61 Å². The van der Waals surface area contributed by atoms with Crippen LogP contribution in [-0.2, 0) is 0 Å². The van der Waals surface area contributed by atoms with E-state index in [1.165, 1.54) is 0 Å². The monoisotopic (exact) mass is 293 g/mol. The van der Waals surface area contributed by atoms with Gasteiger partial charge in [-0.1, -0.05) is 20.8 Å². The molecule has 3 nitrogen and oxygen atoms in total. The molecule has 0 aliphatic rings. The van der Waals surface area contributed by atoms with E-state index in [0.717, 1.165) is 18.0 Å². The summed E-state index contributed by atoms with van der Waals surface area (Å²) in [6.07, 6.45) is 0.130. The second-order valence-electron chi connectivity index (χ2n) is 7.88. The third-order valence-corrected chi connectivity index (χ3v) is 2.75. The van der Waals surface area contributed by atoms with Crippen molar-refractivity contribution in [3.8, 4) is 11.5 Å². The fourth-order valence-electron chi connectivity index (χ4n) is 1.64. The van der Waals surface area contributed by atoms with Gasteiger partial charge in [-0.25, -0.2) is 0 Å². The van der Waals surface area contributed by atoms with Gasteiger partial charge < -0.3 is 14.8 Å². The van der Waals surface area contributed by atoms with Crippen LogP contribution in [0, 0.1) is 5.41 Å². The Morgan fingerprint density at radius 2 is 1.48 bits per heavy atom. The SMILES string of the molecule is C[C@@H](CNC(C)(C)C)Oc1ccc(OCC(C)(C)C)cc1. The van der Waals surface area contributed by atoms with Crippen LogP contribution in [0.2, 0.25) is 0 Å². The van der Waals surface area contributed by atoms with E-state index in [1.807, 2.05) is 24.3 Å². The summed E-state index contributed by atoms with van der Waals surface area (Å²) in [6.45, 7) is 16.5. The van der Waals surface area contributed by atoms with Crippen LogP contribution in [0.3, 0.4) is 0 Å². The first-order valence-electron chi connectivity index (χ1n) is 7.70. The third kappa shape index (κ3) is 8.61. The predicted molar refractivity (Wildman–Crippen MR) is 89.2 cm³/mol. The van der Waals surface area contributed by atoms with E-state index in [2.05, 4.69) is 53.8 Å². The van der Waals surface area contributed by atoms with Crippen LogP contribution in [-0.4, -0.2) is 24.8 Å². The number of nitrogens with one attached hydrogen (secondary N) is 1. The minimum Gasteiger partial charge on any atom is -0.493 e. The molecule has 1 atom stereocenters. The maximum absolute atomic E-state index is 5.89. The van der Waals surface area contributed by atoms with E-state index < -0.39 is 0 Å². The summed E-state index contributed by atoms with van der Waals surface area (Å²) >= 11 is 0. The Bertz CT molecular complexity index is 412. The Balaban J connectivity index is 2.43. The fourth-order valence-corrected chi connectivity index (χ4v) is 1.64. The Hall–Kier alpha value is -1.22. The Labute approximate surface area is 130 Å². The highest BCUT2D eigenvalue weighted by atomic mass is 16.5. The van der Waals surface area contributed by atoms with Crippen molar-refractivity contribution in [3.63, 3.8) is 0 Å². The predicted octanol–water partition coefficient (Wildman–Crippen LogP) is 4.27. The van der Waals surface area contributed by atoms with Gasteiger partial charge in [0.25, 0.3) is 0 Å². The van der Waals surface area contributed by atoms with Crippen molar-refractivity contribution in [2.45, 2.75) is 60.1 Å². The molecule has 0 saturated carbocycles. The molecule has 120 valence electrons. The molecule has 1 aromatic carbocycles. The van der Waals surface area contributed by atoms with Crippen LogP contribution in [0.15, 0.2) is 24.3 Å². The first kappa shape index (κ1) is 17.8. The summed E-state index contributed by atoms with van der Waals surface area (Å²) in [4.78, 5) is 0. The molecule has 1 N–H and O–H groups in total. The van der Waals surface area contributed by atoms with Crippen LogP contribution in [0.1, 0.15) is 48.5 Å². The van der Waals surface area contributed by atoms with E-state index in [1.54, 1.807) is 0 Å². The first-order valence-corrected chi connectivity index (χ1v) is 7.70. The van der Waals surface area contributed by atoms with Gasteiger partial charge in [0.15, 0.2) is 0 Å². The van der Waals surface area contributed by atoms with Gasteiger partial charge >= 0.3 is 0 Å². The summed E-state index contributed by atoms with van der Waals surface area (Å²) in [5, 5.41) is 3.44. The third-order valence-electron chi connectivity index (χ3n) is 2.75. The molecule has 3 heteroatoms. The van der Waals surface area contributed by atoms with Crippen molar-refractivity contribution in [2.75, 3.05) is 13.2 Å². The van der Waals surface area contributed by atoms with Gasteiger partial charge in [0.2, 0.25) is 0 Å². The molecule has 1 aromatic rings. The lowest BCUT2D eigenvalue weighted by atomic mass is 9.99. The van der Waals surface area contributed by atoms with Gasteiger partial charge in [0, 0.05) is 12.1 Å². The highest BCUT2D eigenvalue weighted by Gasteiger charge is 2.13. The quantitative estimate of drug-likeness (QED) is 0.849. The molecule has 0 aliphatic heterocycles. The minimum absolute atomic E-state index is 0.113. The van der Waals surface area contributed by atoms with Crippen molar-refractivity contribution < 1.29 is 9.47 Å². The molecule has 0 aliphatic carbocycles. The van der Waals surface area contributed by atoms with E-state index in [4.69, 9.17) is 9.47 Å². The zero-order valence-electron chi connectivity index (χ0n) is 14.6. The standard InChI is InChI=1S/C18H31NO2/c1-14(12-19-18(5,6)7)21-16-10-8-15(9-11-16)20-13-17(2,3)4/h8-11,14,19H,12-13H2,1-7H3/t14-/m0/s1. The van der Waals surface area contributed by atoms with E-state index >= 15 is 0 Å². The molecule has 0 unspecified atom stereocenters. The highest BCUT2D eigenvalue weighted by molar-refractivity contribution is 5.31. The van der Waals surface area contributed by atoms with Crippen molar-refractivity contribution in [1.29, 1.82) is 0 Å². The van der Waals surface area contributed by atoms with Gasteiger partial charge in [-0.05, 0) is 57.4 Å². The first-order chi connectivity index (χ1) is 9.55. The van der Waals surface area contributed by atoms with Crippen molar-refractivity contribution in [3.05, 3.63) is 24.3 Å². The molecular weight excluding hydrogens is 262 g/mol. The molecule has 0 fully saturated rings. The van der Waals surface area contributed by atoms with Crippen molar-refractivity contribution in [1.82, 2.24) is 5.32 Å². The lowest BCUT2D eigenvalue weighted by molar-refractivity contribution is 0.195. The summed E-state index contributed by atoms with van der Waals surface area (Å²) in [6, 6.07) is 7.85. The largest absolute Gasteiger partial charge is 0.493 e. The van der Waals surface area contributed by atoms with Crippen LogP contribution in [0.25, 0.3) is 0 Å². The normalized spacial score (nSPS) is 13.9. The molecule has 0 aromatic heterocycles. The van der Waals surface area contributed by atoms with Gasteiger partial charge in [-0.2, -0.15) is 0 Å². The molecule has 1 rings (SSSR count). The Morgan fingerprint density at radius 3 is 1.95 bits per heavy atom. The number of ether oxygens (including phenoxy) is 2. The lowest BCUT2D eigenvalue weighted by Crippen LogP contribution is -2.41. The zero-order chi connectivity index (χ0) is 16.1. The van der Waals surface area contributed by atoms with Crippen LogP contribution >= 0.6 is 0 Å². The van der Waals surface area contributed by atoms with E-state index in [-0.39, 0.29) is 17.1 Å². The van der Waals surface area contributed by atoms with Crippen LogP contribution in [0.5, 0.6) is 11.5 Å². The second-order valence-corrected chi connectivity index (χ2v) is 7.88. The molecule has 0 amide bonds. The maximum Gasteiger partial charge on any atom is 0.120 e. The van der Waals surface area contributed by atoms with Gasteiger partial charge in [0.1, 0.15) is 17.6 Å². The van der Waals surface area contributed by atoms with Crippen molar-refractivity contribution >= 4 is 0 Å². The molecule has 0 bridgehead atoms. The topological polar surface area (TPSA) is 30.5 Å². The van der Waals surface area contributed by atoms with Crippen LogP contribution < -0.4 is 14.8 Å². The average Bonchev–Trinajstić information content (AvgIpc) is 2.34. The highest BCUT2D eigenvalue weighted by Crippen LogP contribution is 2.21. The molecule has 21 heavy (non-hydrogen) atoms. The molecule has 0 heterocycles. The summed E-state index contributed by atoms with van der Waals surface area (Å²) in [5.41, 5.74) is 0.282. The summed E-state index contributed by atoms with van der Waals surface area (Å²) in [5.74, 6) is 1.76. The van der Waals surface area contributed by atoms with Gasteiger partial charge in [-0.15, -0.1) is 0 Å². The van der Waals surface area contributed by atoms with Gasteiger partial charge in [-0.3, -0.25) is 0 Å². The smallest absolute Gasteiger partial charge is 0.120 e. The van der Waals surface area contributed by atoms with Crippen LogP contribution in [0.4, 0.5) is 0 Å². The van der Waals surface area contributed by atoms with Crippen molar-refractivity contribution in [2.24, 2.45) is 5.41 Å². The number of hydrogen-bond donors (Lipinski definition) is 1. The summed E-state index contributed by atoms with van der Waals surface area (Å²) < 4.78 is 11.6. The molecule has 0 saturated heterocycles. The lowest BCUT2D eigenvalue weighted by Gasteiger charge is -2.24. The maximum atomic E-state index is 5.89. The Morgan fingerprint density at radius 1 is 0.952 bits per heavy atom. The fraction of sp³-hybridized carbons (Fsp3) is 0.667.